The third-order valence-electron chi connectivity index (χ3n) is 12.2. The first-order valence-electron chi connectivity index (χ1n) is 18.3. The fraction of sp³-hybridized carbons (Fsp3) is 0.550. The quantitative estimate of drug-likeness (QED) is 0.133. The Morgan fingerprint density at radius 2 is 1.77 bits per heavy atom. The van der Waals surface area contributed by atoms with E-state index in [-0.39, 0.29) is 27.5 Å². The van der Waals surface area contributed by atoms with Gasteiger partial charge in [0, 0.05) is 66.4 Å². The van der Waals surface area contributed by atoms with E-state index in [4.69, 9.17) is 16.6 Å². The molecule has 0 amide bonds. The van der Waals surface area contributed by atoms with Crippen molar-refractivity contribution in [2.24, 2.45) is 21.8 Å². The van der Waals surface area contributed by atoms with Crippen molar-refractivity contribution < 1.29 is 8.78 Å². The molecule has 4 atom stereocenters. The van der Waals surface area contributed by atoms with Crippen LogP contribution in [0.2, 0.25) is 5.02 Å². The molecule has 0 radical (unpaired) electrons. The summed E-state index contributed by atoms with van der Waals surface area (Å²) in [5.41, 5.74) is 2.24. The van der Waals surface area contributed by atoms with Crippen LogP contribution in [0, 0.1) is 23.5 Å². The van der Waals surface area contributed by atoms with Gasteiger partial charge in [-0.1, -0.05) is 49.2 Å². The fourth-order valence-electron chi connectivity index (χ4n) is 9.14. The van der Waals surface area contributed by atoms with Gasteiger partial charge in [-0.2, -0.15) is 0 Å². The van der Waals surface area contributed by atoms with Gasteiger partial charge in [0.25, 0.3) is 0 Å². The van der Waals surface area contributed by atoms with Crippen molar-refractivity contribution in [1.82, 2.24) is 15.1 Å². The molecule has 48 heavy (non-hydrogen) atoms. The zero-order valence-electron chi connectivity index (χ0n) is 28.4. The molecule has 5 fully saturated rings. The summed E-state index contributed by atoms with van der Waals surface area (Å²) in [4.78, 5) is 14.4. The molecule has 4 unspecified atom stereocenters. The Morgan fingerprint density at radius 3 is 2.50 bits per heavy atom. The number of unbranched alkanes of at least 4 members (excludes halogenated alkanes) is 2. The molecule has 2 bridgehead atoms. The summed E-state index contributed by atoms with van der Waals surface area (Å²) in [5.74, 6) is 1.33. The average molecular weight is 672 g/mol. The topological polar surface area (TPSA) is 43.2 Å². The number of likely N-dealkylation sites (tertiary alicyclic amines) is 2. The minimum absolute atomic E-state index is 0.103. The second-order valence-corrected chi connectivity index (χ2v) is 15.9. The molecule has 3 heterocycles. The van der Waals surface area contributed by atoms with E-state index in [1.807, 2.05) is 24.3 Å². The number of fused-ring (bicyclic) bond motifs is 4. The maximum absolute atomic E-state index is 17.0. The van der Waals surface area contributed by atoms with Crippen molar-refractivity contribution in [1.29, 1.82) is 0 Å². The fourth-order valence-corrected chi connectivity index (χ4v) is 9.44. The van der Waals surface area contributed by atoms with Crippen LogP contribution in [-0.2, 0) is 5.41 Å². The molecule has 3 aliphatic heterocycles. The van der Waals surface area contributed by atoms with Crippen LogP contribution >= 0.6 is 11.6 Å². The molecule has 5 aliphatic rings. The summed E-state index contributed by atoms with van der Waals surface area (Å²) in [6.07, 6.45) is 10.1. The summed E-state index contributed by atoms with van der Waals surface area (Å²) in [6, 6.07) is 12.4. The third kappa shape index (κ3) is 5.78. The number of piperidine rings is 1. The zero-order chi connectivity index (χ0) is 33.2. The first-order chi connectivity index (χ1) is 23.3. The van der Waals surface area contributed by atoms with Gasteiger partial charge in [-0.05, 0) is 112 Å². The molecule has 8 heteroatoms. The van der Waals surface area contributed by atoms with Gasteiger partial charge in [0.15, 0.2) is 5.82 Å². The zero-order valence-corrected chi connectivity index (χ0v) is 29.1. The number of hydrogen-bond acceptors (Lipinski definition) is 4. The van der Waals surface area contributed by atoms with Crippen molar-refractivity contribution in [2.75, 3.05) is 32.7 Å². The van der Waals surface area contributed by atoms with Crippen molar-refractivity contribution in [3.8, 4) is 11.1 Å². The summed E-state index contributed by atoms with van der Waals surface area (Å²) in [7, 11) is 0. The maximum atomic E-state index is 17.0. The molecule has 1 N–H and O–H groups in total. The Labute approximate surface area is 288 Å². The van der Waals surface area contributed by atoms with Crippen molar-refractivity contribution in [3.05, 3.63) is 64.2 Å². The van der Waals surface area contributed by atoms with E-state index in [0.717, 1.165) is 92.7 Å². The number of piperazine rings is 1. The number of amidine groups is 1. The van der Waals surface area contributed by atoms with Gasteiger partial charge in [-0.15, -0.1) is 0 Å². The van der Waals surface area contributed by atoms with Crippen molar-refractivity contribution >= 4 is 40.6 Å². The number of nitrogens with zero attached hydrogens (tertiary/aromatic N) is 4. The molecule has 5 nitrogen and oxygen atoms in total. The average Bonchev–Trinajstić information content (AvgIpc) is 3.93. The first-order valence-corrected chi connectivity index (χ1v) is 18.7. The summed E-state index contributed by atoms with van der Waals surface area (Å²) < 4.78 is 32.5. The van der Waals surface area contributed by atoms with Crippen LogP contribution in [-0.4, -0.2) is 73.2 Å². The monoisotopic (exact) mass is 671 g/mol. The SMILES string of the molecule is C=Nc1c(/C(=N\CCCCCN2CC(C)CCC2C)N2CC3CCC(C2)N3)cc(Cl)c(-c2cccc3ccc(F)c(C45CC4C5)c23)c1F. The molecule has 8 rings (SSSR count). The lowest BCUT2D eigenvalue weighted by atomic mass is 9.88. The summed E-state index contributed by atoms with van der Waals surface area (Å²) in [5, 5.41) is 5.66. The van der Waals surface area contributed by atoms with E-state index in [2.05, 4.69) is 40.7 Å². The summed E-state index contributed by atoms with van der Waals surface area (Å²) >= 11 is 7.10. The van der Waals surface area contributed by atoms with E-state index in [9.17, 15) is 0 Å². The van der Waals surface area contributed by atoms with Crippen LogP contribution in [0.1, 0.15) is 82.8 Å². The van der Waals surface area contributed by atoms with Crippen molar-refractivity contribution in [3.63, 3.8) is 0 Å². The molecule has 3 saturated heterocycles. The van der Waals surface area contributed by atoms with Gasteiger partial charge in [-0.3, -0.25) is 9.98 Å². The van der Waals surface area contributed by atoms with Gasteiger partial charge in [0.05, 0.1) is 5.02 Å². The van der Waals surface area contributed by atoms with E-state index in [1.165, 1.54) is 19.4 Å². The number of aliphatic imine (C=N–C) groups is 2. The maximum Gasteiger partial charge on any atom is 0.158 e. The number of nitrogens with one attached hydrogen (secondary N) is 1. The number of halogens is 3. The minimum Gasteiger partial charge on any atom is -0.353 e. The normalized spacial score (nSPS) is 29.7. The van der Waals surface area contributed by atoms with E-state index >= 15 is 8.78 Å². The molecule has 2 saturated carbocycles. The Hall–Kier alpha value is -2.87. The van der Waals surface area contributed by atoms with E-state index in [1.54, 1.807) is 12.1 Å². The highest BCUT2D eigenvalue weighted by Crippen LogP contribution is 2.76. The largest absolute Gasteiger partial charge is 0.353 e. The van der Waals surface area contributed by atoms with Gasteiger partial charge in [-0.25, -0.2) is 8.78 Å². The lowest BCUT2D eigenvalue weighted by Gasteiger charge is -2.36. The van der Waals surface area contributed by atoms with Crippen LogP contribution in [0.25, 0.3) is 21.9 Å². The van der Waals surface area contributed by atoms with E-state index in [0.29, 0.717) is 41.7 Å². The van der Waals surface area contributed by atoms with Crippen molar-refractivity contribution in [2.45, 2.75) is 95.2 Å². The highest BCUT2D eigenvalue weighted by Gasteiger charge is 2.71. The van der Waals surface area contributed by atoms with Gasteiger partial charge in [0.1, 0.15) is 17.3 Å². The number of hydrogen-bond donors (Lipinski definition) is 1. The van der Waals surface area contributed by atoms with Crippen LogP contribution in [0.15, 0.2) is 46.4 Å². The molecule has 3 aromatic carbocycles. The highest BCUT2D eigenvalue weighted by molar-refractivity contribution is 6.34. The highest BCUT2D eigenvalue weighted by atomic mass is 35.5. The predicted molar refractivity (Wildman–Crippen MR) is 194 cm³/mol. The first kappa shape index (κ1) is 32.3. The second-order valence-electron chi connectivity index (χ2n) is 15.5. The Balaban J connectivity index is 1.11. The van der Waals surface area contributed by atoms with Crippen LogP contribution in [0.5, 0.6) is 0 Å². The summed E-state index contributed by atoms with van der Waals surface area (Å²) in [6.45, 7) is 13.2. The van der Waals surface area contributed by atoms with Gasteiger partial charge < -0.3 is 15.1 Å². The molecule has 2 aliphatic carbocycles. The molecule has 254 valence electrons. The number of benzene rings is 3. The van der Waals surface area contributed by atoms with Crippen LogP contribution < -0.4 is 5.32 Å². The van der Waals surface area contributed by atoms with Gasteiger partial charge >= 0.3 is 0 Å². The standard InChI is InChI=1S/C40H48ClF2N5/c1-24-10-11-25(2)47(21-24)17-6-4-5-16-45-39(48-22-28-13-14-29(23-48)46-28)31-18-32(41)35(37(43)38(31)44-3)30-9-7-8-26-12-15-33(42)36(34(26)30)40-19-27(40)20-40/h7-9,12,15,18,24-25,27-29,46H,3-6,10-11,13-14,16-17,19-23H2,1-2H3/b45-39+. The molecule has 0 spiro atoms. The predicted octanol–water partition coefficient (Wildman–Crippen LogP) is 8.91. The Kier molecular flexibility index (Phi) is 8.61. The second kappa shape index (κ2) is 12.8. The number of rotatable bonds is 10. The van der Waals surface area contributed by atoms with Crippen LogP contribution in [0.4, 0.5) is 14.5 Å². The Bertz CT molecular complexity index is 1750. The smallest absolute Gasteiger partial charge is 0.158 e. The minimum atomic E-state index is -0.522. The molecular weight excluding hydrogens is 624 g/mol. The Morgan fingerprint density at radius 1 is 1.00 bits per heavy atom. The van der Waals surface area contributed by atoms with E-state index < -0.39 is 5.82 Å². The lowest BCUT2D eigenvalue weighted by molar-refractivity contribution is 0.122. The molecular formula is C40H48ClF2N5. The van der Waals surface area contributed by atoms with Crippen LogP contribution in [0.3, 0.4) is 0 Å². The lowest BCUT2D eigenvalue weighted by Crippen LogP contribution is -2.53. The molecule has 3 aromatic rings. The van der Waals surface area contributed by atoms with Gasteiger partial charge in [0.2, 0.25) is 0 Å². The third-order valence-corrected chi connectivity index (χ3v) is 12.5. The molecule has 0 aromatic heterocycles.